The van der Waals surface area contributed by atoms with Gasteiger partial charge in [-0.1, -0.05) is 0 Å². The number of benzene rings is 1. The molecule has 0 radical (unpaired) electrons. The molecule has 0 spiro atoms. The van der Waals surface area contributed by atoms with Crippen LogP contribution in [-0.4, -0.2) is 37.2 Å². The summed E-state index contributed by atoms with van der Waals surface area (Å²) in [5.41, 5.74) is 1.32. The van der Waals surface area contributed by atoms with Gasteiger partial charge in [0, 0.05) is 24.9 Å². The van der Waals surface area contributed by atoms with E-state index in [1.165, 1.54) is 18.3 Å². The molecule has 2 heterocycles. The van der Waals surface area contributed by atoms with E-state index in [9.17, 15) is 9.30 Å². The Bertz CT molecular complexity index is 757. The van der Waals surface area contributed by atoms with Crippen molar-refractivity contribution in [2.45, 2.75) is 18.9 Å². The van der Waals surface area contributed by atoms with E-state index in [0.717, 1.165) is 12.8 Å². The molecule has 25 heavy (non-hydrogen) atoms. The summed E-state index contributed by atoms with van der Waals surface area (Å²) in [6.45, 7) is 1.32. The molecule has 1 aliphatic rings. The van der Waals surface area contributed by atoms with Gasteiger partial charge in [0.15, 0.2) is 11.5 Å². The topological polar surface area (TPSA) is 101 Å². The molecule has 1 aromatic carbocycles. The van der Waals surface area contributed by atoms with E-state index in [4.69, 9.17) is 4.74 Å². The van der Waals surface area contributed by atoms with E-state index in [2.05, 4.69) is 31.0 Å². The number of hydrogen-bond acceptors (Lipinski definition) is 8. The largest absolute Gasteiger partial charge is 0.433 e. The van der Waals surface area contributed by atoms with Gasteiger partial charge in [0.1, 0.15) is 5.82 Å². The second kappa shape index (κ2) is 7.89. The van der Waals surface area contributed by atoms with Crippen LogP contribution >= 0.6 is 0 Å². The lowest BCUT2D eigenvalue weighted by Crippen LogP contribution is -2.28. The fraction of sp³-hybridized carbons (Fsp3) is 0.333. The Balaban J connectivity index is 1.83. The summed E-state index contributed by atoms with van der Waals surface area (Å²) in [4.78, 5) is 19.4. The summed E-state index contributed by atoms with van der Waals surface area (Å²) in [5, 5.41) is 12.1. The number of nitrogens with zero attached hydrogens (tertiary/aromatic N) is 3. The summed E-state index contributed by atoms with van der Waals surface area (Å²) < 4.78 is 18.8. The van der Waals surface area contributed by atoms with Gasteiger partial charge < -0.3 is 20.6 Å². The molecule has 0 unspecified atom stereocenters. The van der Waals surface area contributed by atoms with Crippen LogP contribution in [0.4, 0.5) is 33.2 Å². The summed E-state index contributed by atoms with van der Waals surface area (Å²) in [5.74, 6) is 0.208. The van der Waals surface area contributed by atoms with Crippen molar-refractivity contribution in [3.8, 4) is 0 Å². The van der Waals surface area contributed by atoms with Gasteiger partial charge in [-0.2, -0.15) is 4.98 Å². The minimum Gasteiger partial charge on any atom is -0.433 e. The van der Waals surface area contributed by atoms with Crippen molar-refractivity contribution in [3.63, 3.8) is 0 Å². The lowest BCUT2D eigenvalue weighted by molar-refractivity contribution is 0.0904. The number of rotatable bonds is 6. The molecule has 8 nitrogen and oxygen atoms in total. The van der Waals surface area contributed by atoms with Crippen LogP contribution in [0.25, 0.3) is 0 Å². The van der Waals surface area contributed by atoms with Crippen LogP contribution in [0.15, 0.2) is 29.6 Å². The second-order valence-corrected chi connectivity index (χ2v) is 5.61. The quantitative estimate of drug-likeness (QED) is 0.546. The lowest BCUT2D eigenvalue weighted by atomic mass is 10.1. The second-order valence-electron chi connectivity index (χ2n) is 5.61. The molecular formula is C15H18BFN6O2. The van der Waals surface area contributed by atoms with Crippen molar-refractivity contribution in [1.29, 1.82) is 0 Å². The number of anilines is 4. The smallest absolute Gasteiger partial charge is 0.229 e. The molecule has 1 saturated heterocycles. The van der Waals surface area contributed by atoms with Gasteiger partial charge in [-0.05, 0) is 36.2 Å². The third-order valence-corrected chi connectivity index (χ3v) is 3.93. The van der Waals surface area contributed by atoms with E-state index in [1.54, 1.807) is 14.0 Å². The summed E-state index contributed by atoms with van der Waals surface area (Å²) in [6.07, 6.45) is 2.97. The Morgan fingerprint density at radius 3 is 2.80 bits per heavy atom. The molecule has 3 N–H and O–H groups in total. The van der Waals surface area contributed by atoms with Crippen LogP contribution in [0.2, 0.25) is 0 Å². The first-order valence-electron chi connectivity index (χ1n) is 7.98. The SMILES string of the molecule is BNc1ccc(F)cc1Nc1ncc(N=O)c(NC2CCOCC2)n1. The van der Waals surface area contributed by atoms with E-state index < -0.39 is 0 Å². The molecule has 0 amide bonds. The monoisotopic (exact) mass is 344 g/mol. The molecular weight excluding hydrogens is 326 g/mol. The van der Waals surface area contributed by atoms with Crippen LogP contribution in [0.3, 0.4) is 0 Å². The van der Waals surface area contributed by atoms with Gasteiger partial charge in [0.2, 0.25) is 13.9 Å². The third kappa shape index (κ3) is 4.21. The van der Waals surface area contributed by atoms with Crippen LogP contribution in [0, 0.1) is 10.7 Å². The molecule has 0 bridgehead atoms. The van der Waals surface area contributed by atoms with Gasteiger partial charge in [-0.15, -0.1) is 4.91 Å². The number of nitrogens with one attached hydrogen (secondary N) is 3. The van der Waals surface area contributed by atoms with E-state index in [0.29, 0.717) is 30.4 Å². The van der Waals surface area contributed by atoms with Crippen molar-refractivity contribution < 1.29 is 9.13 Å². The summed E-state index contributed by atoms with van der Waals surface area (Å²) in [7, 11) is 1.73. The van der Waals surface area contributed by atoms with Crippen molar-refractivity contribution in [2.75, 3.05) is 29.1 Å². The fourth-order valence-electron chi connectivity index (χ4n) is 2.60. The Morgan fingerprint density at radius 1 is 1.28 bits per heavy atom. The maximum Gasteiger partial charge on any atom is 0.229 e. The highest BCUT2D eigenvalue weighted by molar-refractivity contribution is 6.17. The maximum atomic E-state index is 13.5. The summed E-state index contributed by atoms with van der Waals surface area (Å²) in [6, 6.07) is 4.46. The van der Waals surface area contributed by atoms with E-state index in [1.807, 2.05) is 0 Å². The van der Waals surface area contributed by atoms with Gasteiger partial charge in [0.25, 0.3) is 0 Å². The average molecular weight is 344 g/mol. The predicted octanol–water partition coefficient (Wildman–Crippen LogP) is 2.31. The third-order valence-electron chi connectivity index (χ3n) is 3.93. The molecule has 1 fully saturated rings. The van der Waals surface area contributed by atoms with Crippen LogP contribution in [0.1, 0.15) is 12.8 Å². The average Bonchev–Trinajstić information content (AvgIpc) is 2.63. The van der Waals surface area contributed by atoms with Crippen LogP contribution in [0.5, 0.6) is 0 Å². The number of hydrogen-bond donors (Lipinski definition) is 3. The Labute approximate surface area is 145 Å². The first-order valence-corrected chi connectivity index (χ1v) is 7.98. The molecule has 1 aliphatic heterocycles. The maximum absolute atomic E-state index is 13.5. The summed E-state index contributed by atoms with van der Waals surface area (Å²) >= 11 is 0. The van der Waals surface area contributed by atoms with E-state index >= 15 is 0 Å². The normalized spacial score (nSPS) is 14.8. The Kier molecular flexibility index (Phi) is 5.39. The van der Waals surface area contributed by atoms with Crippen molar-refractivity contribution in [1.82, 2.24) is 9.97 Å². The molecule has 130 valence electrons. The highest BCUT2D eigenvalue weighted by Crippen LogP contribution is 2.28. The lowest BCUT2D eigenvalue weighted by Gasteiger charge is -2.24. The minimum absolute atomic E-state index is 0.130. The number of nitroso groups, excluding NO2 is 1. The molecule has 3 rings (SSSR count). The highest BCUT2D eigenvalue weighted by atomic mass is 19.1. The zero-order valence-corrected chi connectivity index (χ0v) is 13.8. The Morgan fingerprint density at radius 2 is 2.08 bits per heavy atom. The highest BCUT2D eigenvalue weighted by Gasteiger charge is 2.17. The van der Waals surface area contributed by atoms with Crippen LogP contribution in [-0.2, 0) is 4.74 Å². The van der Waals surface area contributed by atoms with Crippen molar-refractivity contribution in [3.05, 3.63) is 35.1 Å². The number of aromatic nitrogens is 2. The first kappa shape index (κ1) is 17.1. The van der Waals surface area contributed by atoms with E-state index in [-0.39, 0.29) is 23.5 Å². The number of ether oxygens (including phenoxy) is 1. The minimum atomic E-state index is -0.381. The number of halogens is 1. The molecule has 0 aliphatic carbocycles. The first-order chi connectivity index (χ1) is 12.2. The van der Waals surface area contributed by atoms with Crippen molar-refractivity contribution >= 4 is 36.8 Å². The van der Waals surface area contributed by atoms with Gasteiger partial charge in [-0.25, -0.2) is 9.37 Å². The molecule has 10 heteroatoms. The van der Waals surface area contributed by atoms with Gasteiger partial charge in [0.05, 0.1) is 11.9 Å². The van der Waals surface area contributed by atoms with Crippen LogP contribution < -0.4 is 15.9 Å². The molecule has 1 aromatic heterocycles. The molecule has 0 saturated carbocycles. The van der Waals surface area contributed by atoms with Gasteiger partial charge in [-0.3, -0.25) is 0 Å². The van der Waals surface area contributed by atoms with Crippen molar-refractivity contribution in [2.24, 2.45) is 5.18 Å². The zero-order valence-electron chi connectivity index (χ0n) is 13.8. The fourth-order valence-corrected chi connectivity index (χ4v) is 2.60. The predicted molar refractivity (Wildman–Crippen MR) is 96.8 cm³/mol. The van der Waals surface area contributed by atoms with Gasteiger partial charge >= 0.3 is 0 Å². The molecule has 2 aromatic rings. The Hall–Kier alpha value is -2.75. The standard InChI is InChI=1S/C15H18BFN6O2/c16-22-11-2-1-9(17)7-12(11)20-15-18-8-13(23-24)14(21-15)19-10-3-5-25-6-4-10/h1-2,7-8,10,22H,3-6,16H2,(H2,18,19,20,21). The molecule has 0 atom stereocenters. The zero-order chi connectivity index (χ0) is 17.6.